The summed E-state index contributed by atoms with van der Waals surface area (Å²) in [4.78, 5) is 21.3. The van der Waals surface area contributed by atoms with Crippen LogP contribution in [0.5, 0.6) is 0 Å². The number of nitrogens with zero attached hydrogens (tertiary/aromatic N) is 2. The second kappa shape index (κ2) is 9.33. The fraction of sp³-hybridized carbons (Fsp3) is 0.227. The van der Waals surface area contributed by atoms with Gasteiger partial charge in [0.2, 0.25) is 5.95 Å². The number of benzene rings is 2. The van der Waals surface area contributed by atoms with Crippen molar-refractivity contribution in [3.8, 4) is 0 Å². The summed E-state index contributed by atoms with van der Waals surface area (Å²) in [6.07, 6.45) is 0.725. The van der Waals surface area contributed by atoms with E-state index in [1.807, 2.05) is 68.4 Å². The summed E-state index contributed by atoms with van der Waals surface area (Å²) >= 11 is 5.89. The Kier molecular flexibility index (Phi) is 6.61. The first-order valence-corrected chi connectivity index (χ1v) is 9.59. The normalized spacial score (nSPS) is 11.7. The fourth-order valence-corrected chi connectivity index (χ4v) is 2.96. The minimum atomic E-state index is -0.213. The zero-order valence-corrected chi connectivity index (χ0v) is 16.7. The van der Waals surface area contributed by atoms with Crippen LogP contribution in [-0.2, 0) is 6.42 Å². The molecular formula is C22H23ClN4O. The second-order valence-electron chi connectivity index (χ2n) is 6.63. The quantitative estimate of drug-likeness (QED) is 0.615. The number of amides is 1. The second-order valence-corrected chi connectivity index (χ2v) is 7.06. The molecule has 0 saturated carbocycles. The summed E-state index contributed by atoms with van der Waals surface area (Å²) in [5.74, 6) is 0.231. The van der Waals surface area contributed by atoms with Crippen molar-refractivity contribution in [2.75, 3.05) is 11.9 Å². The third kappa shape index (κ3) is 5.54. The number of anilines is 1. The van der Waals surface area contributed by atoms with Gasteiger partial charge in [0.25, 0.3) is 5.91 Å². The molecule has 0 fully saturated rings. The van der Waals surface area contributed by atoms with Crippen LogP contribution < -0.4 is 10.6 Å². The van der Waals surface area contributed by atoms with Crippen molar-refractivity contribution in [2.45, 2.75) is 26.3 Å². The molecule has 0 saturated heterocycles. The molecule has 0 aliphatic rings. The highest BCUT2D eigenvalue weighted by molar-refractivity contribution is 6.30. The Morgan fingerprint density at radius 2 is 1.79 bits per heavy atom. The van der Waals surface area contributed by atoms with Gasteiger partial charge in [-0.05, 0) is 49.6 Å². The molecule has 3 rings (SSSR count). The van der Waals surface area contributed by atoms with Gasteiger partial charge in [-0.25, -0.2) is 9.97 Å². The van der Waals surface area contributed by atoms with Crippen molar-refractivity contribution < 1.29 is 4.79 Å². The van der Waals surface area contributed by atoms with E-state index in [2.05, 4.69) is 20.6 Å². The zero-order valence-electron chi connectivity index (χ0n) is 15.9. The number of rotatable bonds is 7. The third-order valence-corrected chi connectivity index (χ3v) is 4.60. The number of aryl methyl sites for hydroxylation is 1. The van der Waals surface area contributed by atoms with Gasteiger partial charge in [-0.1, -0.05) is 54.1 Å². The number of aromatic nitrogens is 2. The SMILES string of the molecule is Cc1cc(C(=O)NCCc2ccc(Cl)cc2)nc(NC(C)c2ccccc2)n1. The van der Waals surface area contributed by atoms with Crippen LogP contribution in [0.25, 0.3) is 0 Å². The Labute approximate surface area is 170 Å². The van der Waals surface area contributed by atoms with Crippen LogP contribution in [0.2, 0.25) is 5.02 Å². The van der Waals surface area contributed by atoms with E-state index < -0.39 is 0 Å². The number of halogens is 1. The van der Waals surface area contributed by atoms with E-state index in [-0.39, 0.29) is 11.9 Å². The molecule has 0 aliphatic heterocycles. The minimum absolute atomic E-state index is 0.0313. The number of carbonyl (C=O) groups excluding carboxylic acids is 1. The molecule has 1 unspecified atom stereocenters. The Bertz CT molecular complexity index is 929. The first kappa shape index (κ1) is 19.8. The van der Waals surface area contributed by atoms with Crippen molar-refractivity contribution in [2.24, 2.45) is 0 Å². The van der Waals surface area contributed by atoms with Crippen LogP contribution >= 0.6 is 11.6 Å². The van der Waals surface area contributed by atoms with E-state index in [9.17, 15) is 4.79 Å². The number of carbonyl (C=O) groups is 1. The minimum Gasteiger partial charge on any atom is -0.350 e. The molecule has 144 valence electrons. The molecular weight excluding hydrogens is 372 g/mol. The lowest BCUT2D eigenvalue weighted by molar-refractivity contribution is 0.0949. The zero-order chi connectivity index (χ0) is 19.9. The highest BCUT2D eigenvalue weighted by Gasteiger charge is 2.12. The van der Waals surface area contributed by atoms with Crippen molar-refractivity contribution in [1.82, 2.24) is 15.3 Å². The molecule has 0 bridgehead atoms. The molecule has 3 aromatic rings. The van der Waals surface area contributed by atoms with Gasteiger partial charge in [0.05, 0.1) is 6.04 Å². The van der Waals surface area contributed by atoms with Crippen molar-refractivity contribution >= 4 is 23.5 Å². The molecule has 5 nitrogen and oxygen atoms in total. The maximum absolute atomic E-state index is 12.5. The van der Waals surface area contributed by atoms with Crippen molar-refractivity contribution in [3.63, 3.8) is 0 Å². The Morgan fingerprint density at radius 1 is 1.07 bits per heavy atom. The maximum Gasteiger partial charge on any atom is 0.270 e. The van der Waals surface area contributed by atoms with Crippen LogP contribution in [0.15, 0.2) is 60.7 Å². The van der Waals surface area contributed by atoms with Gasteiger partial charge < -0.3 is 10.6 Å². The van der Waals surface area contributed by atoms with E-state index in [1.54, 1.807) is 6.07 Å². The molecule has 28 heavy (non-hydrogen) atoms. The van der Waals surface area contributed by atoms with E-state index in [0.717, 1.165) is 23.2 Å². The summed E-state index contributed by atoms with van der Waals surface area (Å²) in [6.45, 7) is 4.41. The lowest BCUT2D eigenvalue weighted by atomic mass is 10.1. The van der Waals surface area contributed by atoms with Crippen LogP contribution in [0, 0.1) is 6.92 Å². The van der Waals surface area contributed by atoms with Gasteiger partial charge in [-0.3, -0.25) is 4.79 Å². The number of hydrogen-bond donors (Lipinski definition) is 2. The summed E-state index contributed by atoms with van der Waals surface area (Å²) in [6, 6.07) is 19.4. The monoisotopic (exact) mass is 394 g/mol. The van der Waals surface area contributed by atoms with Gasteiger partial charge in [-0.15, -0.1) is 0 Å². The molecule has 1 amide bonds. The predicted molar refractivity (Wildman–Crippen MR) is 113 cm³/mol. The van der Waals surface area contributed by atoms with E-state index in [0.29, 0.717) is 23.2 Å². The molecule has 1 aromatic heterocycles. The topological polar surface area (TPSA) is 66.9 Å². The molecule has 0 spiro atoms. The Balaban J connectivity index is 1.61. The largest absolute Gasteiger partial charge is 0.350 e. The highest BCUT2D eigenvalue weighted by Crippen LogP contribution is 2.17. The van der Waals surface area contributed by atoms with Crippen LogP contribution in [-0.4, -0.2) is 22.4 Å². The maximum atomic E-state index is 12.5. The van der Waals surface area contributed by atoms with Crippen molar-refractivity contribution in [1.29, 1.82) is 0 Å². The molecule has 0 radical (unpaired) electrons. The van der Waals surface area contributed by atoms with E-state index in [1.165, 1.54) is 0 Å². The standard InChI is InChI=1S/C22H23ClN4O/c1-15-14-20(21(28)24-13-12-17-8-10-19(23)11-9-17)27-22(25-15)26-16(2)18-6-4-3-5-7-18/h3-11,14,16H,12-13H2,1-2H3,(H,24,28)(H,25,26,27). The van der Waals surface area contributed by atoms with Gasteiger partial charge >= 0.3 is 0 Å². The molecule has 1 heterocycles. The molecule has 0 aliphatic carbocycles. The van der Waals surface area contributed by atoms with Gasteiger partial charge in [0.1, 0.15) is 5.69 Å². The average molecular weight is 395 g/mol. The lowest BCUT2D eigenvalue weighted by Gasteiger charge is -2.15. The average Bonchev–Trinajstić information content (AvgIpc) is 2.69. The third-order valence-electron chi connectivity index (χ3n) is 4.34. The summed E-state index contributed by atoms with van der Waals surface area (Å²) in [7, 11) is 0. The highest BCUT2D eigenvalue weighted by atomic mass is 35.5. The van der Waals surface area contributed by atoms with E-state index >= 15 is 0 Å². The van der Waals surface area contributed by atoms with Crippen LogP contribution in [0.3, 0.4) is 0 Å². The Hall–Kier alpha value is -2.92. The smallest absolute Gasteiger partial charge is 0.270 e. The summed E-state index contributed by atoms with van der Waals surface area (Å²) in [5, 5.41) is 6.88. The fourth-order valence-electron chi connectivity index (χ4n) is 2.83. The summed E-state index contributed by atoms with van der Waals surface area (Å²) in [5.41, 5.74) is 3.33. The van der Waals surface area contributed by atoms with Crippen LogP contribution in [0.4, 0.5) is 5.95 Å². The molecule has 6 heteroatoms. The van der Waals surface area contributed by atoms with Gasteiger partial charge in [0.15, 0.2) is 0 Å². The predicted octanol–water partition coefficient (Wildman–Crippen LogP) is 4.58. The molecule has 2 aromatic carbocycles. The van der Waals surface area contributed by atoms with Crippen LogP contribution in [0.1, 0.15) is 40.3 Å². The van der Waals surface area contributed by atoms with Gasteiger partial charge in [-0.2, -0.15) is 0 Å². The number of nitrogens with one attached hydrogen (secondary N) is 2. The van der Waals surface area contributed by atoms with Gasteiger partial charge in [0, 0.05) is 17.3 Å². The van der Waals surface area contributed by atoms with E-state index in [4.69, 9.17) is 11.6 Å². The lowest BCUT2D eigenvalue weighted by Crippen LogP contribution is -2.27. The first-order valence-electron chi connectivity index (χ1n) is 9.21. The first-order chi connectivity index (χ1) is 13.5. The molecule has 1 atom stereocenters. The summed E-state index contributed by atoms with van der Waals surface area (Å²) < 4.78 is 0. The Morgan fingerprint density at radius 3 is 2.50 bits per heavy atom. The number of hydrogen-bond acceptors (Lipinski definition) is 4. The molecule has 2 N–H and O–H groups in total. The van der Waals surface area contributed by atoms with Crippen molar-refractivity contribution in [3.05, 3.63) is 88.2 Å².